The summed E-state index contributed by atoms with van der Waals surface area (Å²) in [5, 5.41) is 17.2. The van der Waals surface area contributed by atoms with Crippen LogP contribution >= 0.6 is 0 Å². The molecule has 0 bridgehead atoms. The normalized spacial score (nSPS) is 14.5. The van der Waals surface area contributed by atoms with Gasteiger partial charge in [0.15, 0.2) is 17.6 Å². The van der Waals surface area contributed by atoms with Gasteiger partial charge in [0.2, 0.25) is 0 Å². The number of anilines is 2. The number of fused-ring (bicyclic) bond motifs is 8. The van der Waals surface area contributed by atoms with E-state index in [2.05, 4.69) is 66.5 Å². The zero-order chi connectivity index (χ0) is 25.4. The minimum atomic E-state index is -0.348. The van der Waals surface area contributed by atoms with Crippen molar-refractivity contribution in [3.8, 4) is 11.8 Å². The van der Waals surface area contributed by atoms with Crippen LogP contribution in [0.1, 0.15) is 56.9 Å². The summed E-state index contributed by atoms with van der Waals surface area (Å²) in [6, 6.07) is 24.7. The van der Waals surface area contributed by atoms with Crippen LogP contribution in [0.25, 0.3) is 32.7 Å². The van der Waals surface area contributed by atoms with Crippen molar-refractivity contribution in [3.05, 3.63) is 77.9 Å². The highest BCUT2D eigenvalue weighted by Gasteiger charge is 2.30. The molecular weight excluding hydrogens is 458 g/mol. The number of furan rings is 1. The van der Waals surface area contributed by atoms with E-state index in [0.717, 1.165) is 62.8 Å². The van der Waals surface area contributed by atoms with Gasteiger partial charge in [-0.05, 0) is 42.5 Å². The van der Waals surface area contributed by atoms with Gasteiger partial charge in [0.05, 0.1) is 11.6 Å². The van der Waals surface area contributed by atoms with E-state index in [0.29, 0.717) is 5.56 Å². The Morgan fingerprint density at radius 1 is 0.892 bits per heavy atom. The summed E-state index contributed by atoms with van der Waals surface area (Å²) in [5.74, 6) is 0.809. The molecule has 5 heteroatoms. The van der Waals surface area contributed by atoms with Crippen LogP contribution in [0.3, 0.4) is 0 Å². The topological polar surface area (TPSA) is 61.4 Å². The van der Waals surface area contributed by atoms with Gasteiger partial charge < -0.3 is 19.4 Å². The lowest BCUT2D eigenvalue weighted by molar-refractivity contribution is 0.262. The van der Waals surface area contributed by atoms with Crippen LogP contribution in [0.2, 0.25) is 0 Å². The van der Waals surface area contributed by atoms with Gasteiger partial charge in [0.25, 0.3) is 0 Å². The van der Waals surface area contributed by atoms with Crippen molar-refractivity contribution in [1.82, 2.24) is 0 Å². The number of unbranched alkanes of at least 4 members (excludes halogenated alkanes) is 2. The Morgan fingerprint density at radius 3 is 2.32 bits per heavy atom. The number of nitrogens with zero attached hydrogens (tertiary/aromatic N) is 2. The lowest BCUT2D eigenvalue weighted by Gasteiger charge is -2.24. The summed E-state index contributed by atoms with van der Waals surface area (Å²) >= 11 is 0. The lowest BCUT2D eigenvalue weighted by Crippen LogP contribution is -2.25. The summed E-state index contributed by atoms with van der Waals surface area (Å²) in [4.78, 5) is 2.49. The number of hydrogen-bond acceptors (Lipinski definition) is 5. The fraction of sp³-hybridized carbons (Fsp3) is 0.281. The molecule has 1 atom stereocenters. The van der Waals surface area contributed by atoms with Gasteiger partial charge >= 0.3 is 0 Å². The fourth-order valence-corrected chi connectivity index (χ4v) is 5.35. The predicted octanol–water partition coefficient (Wildman–Crippen LogP) is 8.52. The second-order valence-electron chi connectivity index (χ2n) is 9.81. The van der Waals surface area contributed by atoms with Gasteiger partial charge in [0, 0.05) is 46.6 Å². The van der Waals surface area contributed by atoms with E-state index in [1.165, 1.54) is 31.4 Å². The number of ether oxygens (including phenoxy) is 1. The summed E-state index contributed by atoms with van der Waals surface area (Å²) in [6.45, 7) is 6.60. The fourth-order valence-electron chi connectivity index (χ4n) is 5.35. The van der Waals surface area contributed by atoms with E-state index in [1.807, 2.05) is 30.3 Å². The molecule has 1 aliphatic rings. The SMILES string of the molecule is CCCCN(CCCC)c1ccc2c(c1)oc1c3c(c4ccccc4c12)OC(c1ccc(C#N)cc1)N3. The molecule has 0 spiro atoms. The van der Waals surface area contributed by atoms with Crippen LogP contribution in [0.15, 0.2) is 71.1 Å². The highest BCUT2D eigenvalue weighted by molar-refractivity contribution is 6.24. The maximum Gasteiger partial charge on any atom is 0.196 e. The van der Waals surface area contributed by atoms with Crippen molar-refractivity contribution in [2.24, 2.45) is 0 Å². The highest BCUT2D eigenvalue weighted by atomic mass is 16.5. The second kappa shape index (κ2) is 9.71. The number of rotatable bonds is 8. The van der Waals surface area contributed by atoms with E-state index >= 15 is 0 Å². The summed E-state index contributed by atoms with van der Waals surface area (Å²) in [6.07, 6.45) is 4.37. The Labute approximate surface area is 217 Å². The Bertz CT molecular complexity index is 1620. The van der Waals surface area contributed by atoms with E-state index in [1.54, 1.807) is 0 Å². The molecular formula is C32H31N3O2. The zero-order valence-electron chi connectivity index (χ0n) is 21.4. The molecule has 186 valence electrons. The molecule has 4 aromatic carbocycles. The first-order valence-electron chi connectivity index (χ1n) is 13.3. The molecule has 37 heavy (non-hydrogen) atoms. The van der Waals surface area contributed by atoms with Gasteiger partial charge in [-0.2, -0.15) is 5.26 Å². The van der Waals surface area contributed by atoms with Gasteiger partial charge in [-0.1, -0.05) is 63.1 Å². The summed E-state index contributed by atoms with van der Waals surface area (Å²) < 4.78 is 13.1. The molecule has 0 aliphatic carbocycles. The third-order valence-corrected chi connectivity index (χ3v) is 7.35. The first-order chi connectivity index (χ1) is 18.2. The molecule has 1 aliphatic heterocycles. The first kappa shape index (κ1) is 23.2. The van der Waals surface area contributed by atoms with Crippen LogP contribution in [0.4, 0.5) is 11.4 Å². The van der Waals surface area contributed by atoms with E-state index in [4.69, 9.17) is 14.4 Å². The van der Waals surface area contributed by atoms with Crippen LogP contribution in [-0.4, -0.2) is 13.1 Å². The predicted molar refractivity (Wildman–Crippen MR) is 151 cm³/mol. The molecule has 5 aromatic rings. The molecule has 0 fully saturated rings. The monoisotopic (exact) mass is 489 g/mol. The van der Waals surface area contributed by atoms with Crippen molar-refractivity contribution < 1.29 is 9.15 Å². The molecule has 6 rings (SSSR count). The average Bonchev–Trinajstić information content (AvgIpc) is 3.56. The largest absolute Gasteiger partial charge is 0.464 e. The second-order valence-corrected chi connectivity index (χ2v) is 9.81. The maximum absolute atomic E-state index is 9.17. The van der Waals surface area contributed by atoms with E-state index in [9.17, 15) is 0 Å². The number of nitriles is 1. The Hall–Kier alpha value is -4.17. The van der Waals surface area contributed by atoms with Crippen molar-refractivity contribution >= 4 is 44.1 Å². The van der Waals surface area contributed by atoms with Gasteiger partial charge in [0.1, 0.15) is 11.3 Å². The third-order valence-electron chi connectivity index (χ3n) is 7.35. The van der Waals surface area contributed by atoms with Crippen LogP contribution in [0, 0.1) is 11.3 Å². The van der Waals surface area contributed by atoms with Crippen molar-refractivity contribution in [3.63, 3.8) is 0 Å². The smallest absolute Gasteiger partial charge is 0.196 e. The Kier molecular flexibility index (Phi) is 6.10. The van der Waals surface area contributed by atoms with Gasteiger partial charge in [-0.25, -0.2) is 0 Å². The molecule has 0 amide bonds. The molecule has 0 radical (unpaired) electrons. The lowest BCUT2D eigenvalue weighted by atomic mass is 10.0. The van der Waals surface area contributed by atoms with Gasteiger partial charge in [-0.15, -0.1) is 0 Å². The van der Waals surface area contributed by atoms with Crippen LogP contribution in [0.5, 0.6) is 5.75 Å². The van der Waals surface area contributed by atoms with Crippen molar-refractivity contribution in [2.75, 3.05) is 23.3 Å². The average molecular weight is 490 g/mol. The van der Waals surface area contributed by atoms with Gasteiger partial charge in [-0.3, -0.25) is 0 Å². The highest BCUT2D eigenvalue weighted by Crippen LogP contribution is 2.51. The molecule has 0 saturated heterocycles. The summed E-state index contributed by atoms with van der Waals surface area (Å²) in [7, 11) is 0. The molecule has 2 heterocycles. The molecule has 1 aromatic heterocycles. The van der Waals surface area contributed by atoms with E-state index < -0.39 is 0 Å². The quantitative estimate of drug-likeness (QED) is 0.237. The number of hydrogen-bond donors (Lipinski definition) is 1. The summed E-state index contributed by atoms with van der Waals surface area (Å²) in [5.41, 5.74) is 5.42. The van der Waals surface area contributed by atoms with Crippen LogP contribution < -0.4 is 15.0 Å². The van der Waals surface area contributed by atoms with E-state index in [-0.39, 0.29) is 6.23 Å². The minimum Gasteiger partial charge on any atom is -0.464 e. The number of nitrogens with one attached hydrogen (secondary N) is 1. The molecule has 5 nitrogen and oxygen atoms in total. The molecule has 0 saturated carbocycles. The standard InChI is InChI=1S/C32H31N3O2/c1-3-5-17-35(18-6-4-2)23-15-16-26-27(19-23)36-31-28(26)24-9-7-8-10-25(24)30-29(31)34-32(37-30)22-13-11-21(20-33)12-14-22/h7-16,19,32,34H,3-6,17-18H2,1-2H3. The Morgan fingerprint density at radius 2 is 1.62 bits per heavy atom. The molecule has 1 N–H and O–H groups in total. The number of benzene rings is 4. The van der Waals surface area contributed by atoms with Crippen molar-refractivity contribution in [1.29, 1.82) is 5.26 Å². The molecule has 1 unspecified atom stereocenters. The first-order valence-corrected chi connectivity index (χ1v) is 13.3. The third kappa shape index (κ3) is 4.03. The zero-order valence-corrected chi connectivity index (χ0v) is 21.4. The van der Waals surface area contributed by atoms with Crippen molar-refractivity contribution in [2.45, 2.75) is 45.8 Å². The maximum atomic E-state index is 9.17. The van der Waals surface area contributed by atoms with Crippen LogP contribution in [-0.2, 0) is 0 Å². The Balaban J connectivity index is 1.48. The minimum absolute atomic E-state index is 0.348.